The van der Waals surface area contributed by atoms with Crippen molar-refractivity contribution in [3.8, 4) is 0 Å². The van der Waals surface area contributed by atoms with E-state index in [1.54, 1.807) is 0 Å². The van der Waals surface area contributed by atoms with Gasteiger partial charge >= 0.3 is 6.18 Å². The van der Waals surface area contributed by atoms with Gasteiger partial charge in [-0.25, -0.2) is 9.97 Å². The summed E-state index contributed by atoms with van der Waals surface area (Å²) in [5, 5.41) is 3.39. The molecule has 0 aromatic carbocycles. The highest BCUT2D eigenvalue weighted by atomic mass is 19.4. The van der Waals surface area contributed by atoms with Gasteiger partial charge < -0.3 is 5.32 Å². The van der Waals surface area contributed by atoms with Gasteiger partial charge in [0.15, 0.2) is 5.65 Å². The Labute approximate surface area is 144 Å². The molecule has 0 spiro atoms. The van der Waals surface area contributed by atoms with Gasteiger partial charge in [0.25, 0.3) is 0 Å². The smallest absolute Gasteiger partial charge is 0.329 e. The maximum atomic E-state index is 13.0. The molecule has 2 aliphatic rings. The van der Waals surface area contributed by atoms with Crippen LogP contribution in [0.4, 0.5) is 19.1 Å². The second kappa shape index (κ2) is 5.75. The third kappa shape index (κ3) is 2.60. The number of allylic oxidation sites excluding steroid dienone is 2. The van der Waals surface area contributed by atoms with Crippen molar-refractivity contribution in [3.63, 3.8) is 0 Å². The van der Waals surface area contributed by atoms with Crippen molar-refractivity contribution in [2.45, 2.75) is 58.2 Å². The van der Waals surface area contributed by atoms with Crippen LogP contribution in [0.25, 0.3) is 11.2 Å². The fraction of sp³-hybridized carbons (Fsp3) is 0.556. The van der Waals surface area contributed by atoms with E-state index in [4.69, 9.17) is 0 Å². The summed E-state index contributed by atoms with van der Waals surface area (Å²) in [7, 11) is 0. The first kappa shape index (κ1) is 16.4. The van der Waals surface area contributed by atoms with Crippen LogP contribution in [0.15, 0.2) is 23.4 Å². The van der Waals surface area contributed by atoms with Crippen LogP contribution in [0, 0.1) is 5.92 Å². The molecule has 1 aliphatic carbocycles. The summed E-state index contributed by atoms with van der Waals surface area (Å²) in [4.78, 5) is 8.36. The lowest BCUT2D eigenvalue weighted by Gasteiger charge is -2.39. The molecule has 1 N–H and O–H groups in total. The largest absolute Gasteiger partial charge is 0.433 e. The topological polar surface area (TPSA) is 42.7 Å². The average Bonchev–Trinajstić information content (AvgIpc) is 2.88. The number of aromatic nitrogens is 3. The number of hydrogen-bond donors (Lipinski definition) is 1. The lowest BCUT2D eigenvalue weighted by molar-refractivity contribution is -0.141. The van der Waals surface area contributed by atoms with Crippen LogP contribution in [0.5, 0.6) is 0 Å². The lowest BCUT2D eigenvalue weighted by Crippen LogP contribution is -2.31. The zero-order valence-electron chi connectivity index (χ0n) is 14.3. The van der Waals surface area contributed by atoms with Crippen molar-refractivity contribution >= 4 is 17.1 Å². The Morgan fingerprint density at radius 1 is 1.24 bits per heavy atom. The number of hydrogen-bond acceptors (Lipinski definition) is 3. The molecule has 25 heavy (non-hydrogen) atoms. The predicted molar refractivity (Wildman–Crippen MR) is 90.1 cm³/mol. The molecule has 2 aromatic heterocycles. The zero-order chi connectivity index (χ0) is 17.8. The zero-order valence-corrected chi connectivity index (χ0v) is 14.3. The van der Waals surface area contributed by atoms with Crippen LogP contribution in [0.2, 0.25) is 0 Å². The van der Waals surface area contributed by atoms with E-state index in [0.29, 0.717) is 23.0 Å². The van der Waals surface area contributed by atoms with Gasteiger partial charge in [-0.05, 0) is 42.9 Å². The highest BCUT2D eigenvalue weighted by Gasteiger charge is 2.38. The molecule has 1 unspecified atom stereocenters. The highest BCUT2D eigenvalue weighted by molar-refractivity contribution is 5.77. The average molecular weight is 350 g/mol. The van der Waals surface area contributed by atoms with E-state index >= 15 is 0 Å². The summed E-state index contributed by atoms with van der Waals surface area (Å²) in [6.45, 7) is 4.39. The van der Waals surface area contributed by atoms with Crippen molar-refractivity contribution < 1.29 is 13.2 Å². The third-order valence-corrected chi connectivity index (χ3v) is 5.53. The van der Waals surface area contributed by atoms with E-state index < -0.39 is 11.9 Å². The molecule has 1 saturated carbocycles. The molecular formula is C18H21F3N4. The SMILES string of the molecule is CCC(CC)CC1=C2CCC2n2c(nc3ccc(C(F)(F)F)nc32)N1. The van der Waals surface area contributed by atoms with Crippen molar-refractivity contribution in [3.05, 3.63) is 29.1 Å². The Hall–Kier alpha value is -2.05. The lowest BCUT2D eigenvalue weighted by atomic mass is 9.80. The normalized spacial score (nSPS) is 19.7. The predicted octanol–water partition coefficient (Wildman–Crippen LogP) is 5.29. The van der Waals surface area contributed by atoms with E-state index in [1.807, 2.05) is 4.57 Å². The molecule has 0 saturated heterocycles. The second-order valence-corrected chi connectivity index (χ2v) is 6.91. The number of imidazole rings is 1. The van der Waals surface area contributed by atoms with Crippen LogP contribution in [-0.4, -0.2) is 14.5 Å². The van der Waals surface area contributed by atoms with E-state index in [2.05, 4.69) is 29.1 Å². The molecule has 4 nitrogen and oxygen atoms in total. The van der Waals surface area contributed by atoms with E-state index in [1.165, 1.54) is 17.3 Å². The van der Waals surface area contributed by atoms with Gasteiger partial charge in [0.2, 0.25) is 5.95 Å². The first-order valence-electron chi connectivity index (χ1n) is 8.87. The standard InChI is InChI=1S/C18H21F3N4/c1-3-10(4-2)9-13-11-5-7-14(11)25-16-12(22-17(25)23-13)6-8-15(24-16)18(19,20)21/h6,8,10,14H,3-5,7,9H2,1-2H3,(H,22,23). The molecule has 3 heterocycles. The maximum Gasteiger partial charge on any atom is 0.433 e. The monoisotopic (exact) mass is 350 g/mol. The fourth-order valence-corrected chi connectivity index (χ4v) is 3.83. The molecule has 1 atom stereocenters. The van der Waals surface area contributed by atoms with Crippen LogP contribution >= 0.6 is 0 Å². The van der Waals surface area contributed by atoms with Crippen LogP contribution in [0.3, 0.4) is 0 Å². The Morgan fingerprint density at radius 2 is 2.00 bits per heavy atom. The first-order valence-corrected chi connectivity index (χ1v) is 8.87. The highest BCUT2D eigenvalue weighted by Crippen LogP contribution is 2.48. The number of halogens is 3. The number of fused-ring (bicyclic) bond motifs is 5. The molecule has 0 amide bonds. The Bertz CT molecular complexity index is 846. The third-order valence-electron chi connectivity index (χ3n) is 5.53. The molecular weight excluding hydrogens is 329 g/mol. The van der Waals surface area contributed by atoms with Crippen molar-refractivity contribution in [2.75, 3.05) is 5.32 Å². The van der Waals surface area contributed by atoms with Crippen molar-refractivity contribution in [1.82, 2.24) is 14.5 Å². The minimum atomic E-state index is -4.44. The summed E-state index contributed by atoms with van der Waals surface area (Å²) in [6, 6.07) is 2.51. The Morgan fingerprint density at radius 3 is 2.60 bits per heavy atom. The van der Waals surface area contributed by atoms with Gasteiger partial charge in [-0.3, -0.25) is 4.57 Å². The van der Waals surface area contributed by atoms with E-state index in [0.717, 1.165) is 38.2 Å². The summed E-state index contributed by atoms with van der Waals surface area (Å²) >= 11 is 0. The number of pyridine rings is 1. The van der Waals surface area contributed by atoms with Crippen molar-refractivity contribution in [1.29, 1.82) is 0 Å². The number of nitrogens with one attached hydrogen (secondary N) is 1. The molecule has 134 valence electrons. The molecule has 0 bridgehead atoms. The number of rotatable bonds is 4. The van der Waals surface area contributed by atoms with Crippen LogP contribution in [0.1, 0.15) is 57.7 Å². The summed E-state index contributed by atoms with van der Waals surface area (Å²) in [5.41, 5.74) is 2.48. The van der Waals surface area contributed by atoms with Crippen molar-refractivity contribution in [2.24, 2.45) is 5.92 Å². The second-order valence-electron chi connectivity index (χ2n) is 6.91. The first-order chi connectivity index (χ1) is 11.9. The summed E-state index contributed by atoms with van der Waals surface area (Å²) in [6.07, 6.45) is 0.688. The number of anilines is 1. The molecule has 1 fully saturated rings. The molecule has 0 radical (unpaired) electrons. The number of alkyl halides is 3. The molecule has 1 aliphatic heterocycles. The van der Waals surface area contributed by atoms with Gasteiger partial charge in [-0.1, -0.05) is 26.7 Å². The maximum absolute atomic E-state index is 13.0. The van der Waals surface area contributed by atoms with E-state index in [9.17, 15) is 13.2 Å². The molecule has 4 rings (SSSR count). The van der Waals surface area contributed by atoms with Crippen LogP contribution in [-0.2, 0) is 6.18 Å². The summed E-state index contributed by atoms with van der Waals surface area (Å²) < 4.78 is 40.9. The minimum absolute atomic E-state index is 0.0987. The van der Waals surface area contributed by atoms with Gasteiger partial charge in [0.05, 0.1) is 6.04 Å². The summed E-state index contributed by atoms with van der Waals surface area (Å²) in [5.74, 6) is 1.23. The number of nitrogens with zero attached hydrogens (tertiary/aromatic N) is 3. The van der Waals surface area contributed by atoms with Crippen LogP contribution < -0.4 is 5.32 Å². The van der Waals surface area contributed by atoms with Gasteiger partial charge in [0, 0.05) is 5.70 Å². The van der Waals surface area contributed by atoms with Gasteiger partial charge in [-0.15, -0.1) is 0 Å². The quantitative estimate of drug-likeness (QED) is 0.814. The van der Waals surface area contributed by atoms with Gasteiger partial charge in [-0.2, -0.15) is 13.2 Å². The van der Waals surface area contributed by atoms with Gasteiger partial charge in [0.1, 0.15) is 11.2 Å². The fourth-order valence-electron chi connectivity index (χ4n) is 3.83. The van der Waals surface area contributed by atoms with E-state index in [-0.39, 0.29) is 6.04 Å². The minimum Gasteiger partial charge on any atom is -0.329 e. The molecule has 2 aromatic rings. The molecule has 7 heteroatoms. The Kier molecular flexibility index (Phi) is 3.77. The Balaban J connectivity index is 1.75.